The summed E-state index contributed by atoms with van der Waals surface area (Å²) in [5.41, 5.74) is 7.32. The summed E-state index contributed by atoms with van der Waals surface area (Å²) in [5.74, 6) is -1.62. The van der Waals surface area contributed by atoms with Crippen LogP contribution >= 0.6 is 0 Å². The normalized spacial score (nSPS) is 11.8. The summed E-state index contributed by atoms with van der Waals surface area (Å²) in [6.07, 6.45) is 0.377. The number of methoxy groups -OCH3 is 1. The van der Waals surface area contributed by atoms with Gasteiger partial charge in [0.15, 0.2) is 0 Å². The summed E-state index contributed by atoms with van der Waals surface area (Å²) in [4.78, 5) is 22.0. The van der Waals surface area contributed by atoms with Crippen LogP contribution in [0.5, 0.6) is 0 Å². The third-order valence-electron chi connectivity index (χ3n) is 2.65. The second-order valence-electron chi connectivity index (χ2n) is 4.12. The Balaban J connectivity index is 2.45. The minimum Gasteiger partial charge on any atom is -0.481 e. The lowest BCUT2D eigenvalue weighted by Gasteiger charge is -2.14. The molecular formula is C13H18N2O4. The van der Waals surface area contributed by atoms with Crippen LogP contribution in [0.25, 0.3) is 0 Å². The summed E-state index contributed by atoms with van der Waals surface area (Å²) < 4.78 is 4.55. The number of nitrogens with one attached hydrogen (secondary N) is 1. The number of hydrogen-bond donors (Lipinski definition) is 3. The van der Waals surface area contributed by atoms with Gasteiger partial charge in [0.05, 0.1) is 13.5 Å². The molecule has 0 saturated heterocycles. The second-order valence-corrected chi connectivity index (χ2v) is 4.12. The molecule has 4 N–H and O–H groups in total. The third kappa shape index (κ3) is 5.39. The molecule has 0 aliphatic carbocycles. The third-order valence-corrected chi connectivity index (χ3v) is 2.65. The lowest BCUT2D eigenvalue weighted by atomic mass is 10.1. The fraction of sp³-hybridized carbons (Fsp3) is 0.385. The van der Waals surface area contributed by atoms with E-state index in [1.807, 2.05) is 12.1 Å². The molecule has 0 bridgehead atoms. The van der Waals surface area contributed by atoms with Gasteiger partial charge in [-0.3, -0.25) is 9.59 Å². The number of esters is 1. The molecule has 0 spiro atoms. The van der Waals surface area contributed by atoms with Crippen LogP contribution in [0.4, 0.5) is 5.69 Å². The molecule has 0 aliphatic rings. The highest BCUT2D eigenvalue weighted by atomic mass is 16.5. The molecule has 104 valence electrons. The van der Waals surface area contributed by atoms with Crippen molar-refractivity contribution in [3.8, 4) is 0 Å². The van der Waals surface area contributed by atoms with E-state index in [9.17, 15) is 9.59 Å². The average Bonchev–Trinajstić information content (AvgIpc) is 2.38. The van der Waals surface area contributed by atoms with Crippen LogP contribution in [-0.2, 0) is 20.7 Å². The van der Waals surface area contributed by atoms with E-state index in [-0.39, 0.29) is 6.42 Å². The molecule has 0 saturated carbocycles. The van der Waals surface area contributed by atoms with E-state index >= 15 is 0 Å². The smallest absolute Gasteiger partial charge is 0.323 e. The van der Waals surface area contributed by atoms with Crippen molar-refractivity contribution in [1.29, 1.82) is 0 Å². The number of benzene rings is 1. The number of carbonyl (C=O) groups is 2. The molecule has 1 unspecified atom stereocenters. The van der Waals surface area contributed by atoms with E-state index in [0.29, 0.717) is 18.7 Å². The maximum Gasteiger partial charge on any atom is 0.323 e. The van der Waals surface area contributed by atoms with E-state index in [4.69, 9.17) is 10.8 Å². The predicted octanol–water partition coefficient (Wildman–Crippen LogP) is 0.417. The van der Waals surface area contributed by atoms with E-state index in [2.05, 4.69) is 10.1 Å². The van der Waals surface area contributed by atoms with Crippen molar-refractivity contribution in [2.75, 3.05) is 19.4 Å². The number of carbonyl (C=O) groups excluding carboxylic acids is 1. The number of ether oxygens (including phenoxy) is 1. The topological polar surface area (TPSA) is 102 Å². The van der Waals surface area contributed by atoms with Crippen molar-refractivity contribution in [2.45, 2.75) is 18.9 Å². The van der Waals surface area contributed by atoms with Gasteiger partial charge in [-0.2, -0.15) is 0 Å². The number of hydrogen-bond acceptors (Lipinski definition) is 5. The maximum atomic E-state index is 11.4. The quantitative estimate of drug-likeness (QED) is 0.488. The van der Waals surface area contributed by atoms with Crippen molar-refractivity contribution in [3.05, 3.63) is 29.8 Å². The summed E-state index contributed by atoms with van der Waals surface area (Å²) >= 11 is 0. The largest absolute Gasteiger partial charge is 0.481 e. The van der Waals surface area contributed by atoms with Crippen molar-refractivity contribution in [2.24, 2.45) is 0 Å². The van der Waals surface area contributed by atoms with Gasteiger partial charge in [0.1, 0.15) is 6.04 Å². The van der Waals surface area contributed by atoms with E-state index < -0.39 is 18.0 Å². The average molecular weight is 266 g/mol. The highest BCUT2D eigenvalue weighted by Gasteiger charge is 2.21. The first-order chi connectivity index (χ1) is 9.02. The predicted molar refractivity (Wildman–Crippen MR) is 70.6 cm³/mol. The van der Waals surface area contributed by atoms with Gasteiger partial charge in [0.25, 0.3) is 0 Å². The van der Waals surface area contributed by atoms with Gasteiger partial charge in [-0.05, 0) is 30.7 Å². The molecule has 0 aliphatic heterocycles. The van der Waals surface area contributed by atoms with Gasteiger partial charge in [-0.15, -0.1) is 0 Å². The fourth-order valence-corrected chi connectivity index (χ4v) is 1.63. The first-order valence-electron chi connectivity index (χ1n) is 5.90. The number of carboxylic acid groups (broad SMARTS) is 1. The van der Waals surface area contributed by atoms with Crippen molar-refractivity contribution >= 4 is 17.6 Å². The Morgan fingerprint density at radius 2 is 2.00 bits per heavy atom. The summed E-state index contributed by atoms with van der Waals surface area (Å²) in [7, 11) is 1.23. The second kappa shape index (κ2) is 7.38. The zero-order chi connectivity index (χ0) is 14.3. The Kier molecular flexibility index (Phi) is 5.81. The van der Waals surface area contributed by atoms with Gasteiger partial charge in [0, 0.05) is 5.69 Å². The molecule has 0 radical (unpaired) electrons. The molecule has 6 nitrogen and oxygen atoms in total. The van der Waals surface area contributed by atoms with E-state index in [0.717, 1.165) is 5.56 Å². The Bertz CT molecular complexity index is 431. The van der Waals surface area contributed by atoms with Crippen molar-refractivity contribution in [1.82, 2.24) is 5.32 Å². The SMILES string of the molecule is COC(=O)C(CC(=O)O)NCCc1ccc(N)cc1. The minimum atomic E-state index is -1.05. The number of nitrogen functional groups attached to an aromatic ring is 1. The van der Waals surface area contributed by atoms with Crippen LogP contribution < -0.4 is 11.1 Å². The van der Waals surface area contributed by atoms with Crippen LogP contribution in [0.3, 0.4) is 0 Å². The molecule has 1 aromatic rings. The molecule has 1 aromatic carbocycles. The molecule has 6 heteroatoms. The standard InChI is InChI=1S/C13H18N2O4/c1-19-13(18)11(8-12(16)17)15-7-6-9-2-4-10(14)5-3-9/h2-5,11,15H,6-8,14H2,1H3,(H,16,17). The van der Waals surface area contributed by atoms with Crippen molar-refractivity contribution < 1.29 is 19.4 Å². The summed E-state index contributed by atoms with van der Waals surface area (Å²) in [6, 6.07) is 6.55. The number of anilines is 1. The fourth-order valence-electron chi connectivity index (χ4n) is 1.63. The Labute approximate surface area is 111 Å². The highest BCUT2D eigenvalue weighted by Crippen LogP contribution is 2.06. The van der Waals surface area contributed by atoms with E-state index in [1.165, 1.54) is 7.11 Å². The number of rotatable bonds is 7. The zero-order valence-electron chi connectivity index (χ0n) is 10.8. The maximum absolute atomic E-state index is 11.4. The van der Waals surface area contributed by atoms with Crippen LogP contribution in [0, 0.1) is 0 Å². The summed E-state index contributed by atoms with van der Waals surface area (Å²) in [5, 5.41) is 11.6. The molecule has 0 amide bonds. The van der Waals surface area contributed by atoms with Crippen molar-refractivity contribution in [3.63, 3.8) is 0 Å². The van der Waals surface area contributed by atoms with E-state index in [1.54, 1.807) is 12.1 Å². The first-order valence-corrected chi connectivity index (χ1v) is 5.90. The van der Waals surface area contributed by atoms with Gasteiger partial charge >= 0.3 is 11.9 Å². The number of aliphatic carboxylic acids is 1. The monoisotopic (exact) mass is 266 g/mol. The molecule has 1 atom stereocenters. The molecule has 1 rings (SSSR count). The van der Waals surface area contributed by atoms with Gasteiger partial charge in [-0.1, -0.05) is 12.1 Å². The lowest BCUT2D eigenvalue weighted by molar-refractivity contribution is -0.148. The Morgan fingerprint density at radius 3 is 2.53 bits per heavy atom. The minimum absolute atomic E-state index is 0.297. The molecule has 19 heavy (non-hydrogen) atoms. The zero-order valence-corrected chi connectivity index (χ0v) is 10.8. The Morgan fingerprint density at radius 1 is 1.37 bits per heavy atom. The lowest BCUT2D eigenvalue weighted by Crippen LogP contribution is -2.40. The number of nitrogens with two attached hydrogens (primary N) is 1. The van der Waals surface area contributed by atoms with Crippen LogP contribution in [-0.4, -0.2) is 36.7 Å². The van der Waals surface area contributed by atoms with Gasteiger partial charge in [0.2, 0.25) is 0 Å². The molecule has 0 aromatic heterocycles. The molecular weight excluding hydrogens is 248 g/mol. The Hall–Kier alpha value is -2.08. The molecule has 0 fully saturated rings. The summed E-state index contributed by atoms with van der Waals surface area (Å²) in [6.45, 7) is 0.483. The van der Waals surface area contributed by atoms with Crippen LogP contribution in [0.2, 0.25) is 0 Å². The van der Waals surface area contributed by atoms with Gasteiger partial charge in [-0.25, -0.2) is 0 Å². The van der Waals surface area contributed by atoms with Gasteiger partial charge < -0.3 is 20.9 Å². The highest BCUT2D eigenvalue weighted by molar-refractivity contribution is 5.81. The number of carboxylic acids is 1. The van der Waals surface area contributed by atoms with Crippen LogP contribution in [0.1, 0.15) is 12.0 Å². The van der Waals surface area contributed by atoms with Crippen LogP contribution in [0.15, 0.2) is 24.3 Å². The molecule has 0 heterocycles. The first kappa shape index (κ1) is 15.0.